The average molecular weight is 342 g/mol. The number of hydrogen-bond donors (Lipinski definition) is 0. The molecule has 0 aliphatic heterocycles. The van der Waals surface area contributed by atoms with Crippen LogP contribution in [0.15, 0.2) is 30.3 Å². The van der Waals surface area contributed by atoms with E-state index in [0.29, 0.717) is 21.2 Å². The zero-order valence-corrected chi connectivity index (χ0v) is 12.3. The van der Waals surface area contributed by atoms with E-state index >= 15 is 0 Å². The molecule has 0 saturated heterocycles. The molecule has 6 heteroatoms. The predicted octanol–water partition coefficient (Wildman–Crippen LogP) is 6.90. The van der Waals surface area contributed by atoms with Crippen LogP contribution in [0.2, 0.25) is 20.1 Å². The Kier molecular flexibility index (Phi) is 4.57. The molecule has 0 heterocycles. The maximum absolute atomic E-state index is 12.8. The van der Waals surface area contributed by atoms with Crippen LogP contribution < -0.4 is 0 Å². The second kappa shape index (κ2) is 5.84. The third-order valence-electron chi connectivity index (χ3n) is 2.50. The average Bonchev–Trinajstić information content (AvgIpc) is 2.34. The van der Waals surface area contributed by atoms with E-state index in [-0.39, 0.29) is 15.6 Å². The summed E-state index contributed by atoms with van der Waals surface area (Å²) in [4.78, 5) is 0. The Morgan fingerprint density at radius 2 is 1.47 bits per heavy atom. The van der Waals surface area contributed by atoms with Gasteiger partial charge >= 0.3 is 0 Å². The first-order chi connectivity index (χ1) is 8.90. The van der Waals surface area contributed by atoms with Gasteiger partial charge in [-0.05, 0) is 35.9 Å². The summed E-state index contributed by atoms with van der Waals surface area (Å²) in [6, 6.07) is 7.08. The molecule has 0 saturated carbocycles. The van der Waals surface area contributed by atoms with Gasteiger partial charge in [-0.25, -0.2) is 8.78 Å². The second-order valence-corrected chi connectivity index (χ2v) is 5.42. The molecule has 0 radical (unpaired) electrons. The number of rotatable bonds is 2. The van der Waals surface area contributed by atoms with Crippen LogP contribution in [0.25, 0.3) is 11.1 Å². The quantitative estimate of drug-likeness (QED) is 0.521. The molecular formula is C13H6Cl4F2. The van der Waals surface area contributed by atoms with E-state index in [4.69, 9.17) is 46.4 Å². The maximum Gasteiger partial charge on any atom is 0.263 e. The van der Waals surface area contributed by atoms with E-state index < -0.39 is 6.43 Å². The number of halogens is 6. The van der Waals surface area contributed by atoms with Crippen molar-refractivity contribution in [1.82, 2.24) is 0 Å². The molecule has 2 rings (SSSR count). The minimum absolute atomic E-state index is 0.180. The Hall–Kier alpha value is -0.540. The lowest BCUT2D eigenvalue weighted by Gasteiger charge is -2.11. The van der Waals surface area contributed by atoms with Crippen LogP contribution in [0.1, 0.15) is 12.0 Å². The van der Waals surface area contributed by atoms with Gasteiger partial charge in [0.15, 0.2) is 0 Å². The van der Waals surface area contributed by atoms with Gasteiger partial charge in [-0.3, -0.25) is 0 Å². The van der Waals surface area contributed by atoms with Crippen molar-refractivity contribution in [1.29, 1.82) is 0 Å². The van der Waals surface area contributed by atoms with Crippen molar-refractivity contribution in [2.75, 3.05) is 0 Å². The minimum Gasteiger partial charge on any atom is -0.205 e. The largest absolute Gasteiger partial charge is 0.263 e. The van der Waals surface area contributed by atoms with Crippen molar-refractivity contribution in [3.8, 4) is 11.1 Å². The summed E-state index contributed by atoms with van der Waals surface area (Å²) >= 11 is 23.9. The first-order valence-corrected chi connectivity index (χ1v) is 6.64. The fourth-order valence-electron chi connectivity index (χ4n) is 1.67. The van der Waals surface area contributed by atoms with Gasteiger partial charge in [0.25, 0.3) is 6.43 Å². The standard InChI is InChI=1S/C13H6Cl4F2/c14-8-4-6(3-7(5-8)13(18)19)11-9(15)1-2-10(16)12(11)17/h1-5,13H. The molecule has 2 aromatic carbocycles. The summed E-state index contributed by atoms with van der Waals surface area (Å²) in [6.07, 6.45) is -2.63. The summed E-state index contributed by atoms with van der Waals surface area (Å²) in [5, 5.41) is 0.994. The molecule has 0 aliphatic carbocycles. The van der Waals surface area contributed by atoms with Crippen LogP contribution in [0.4, 0.5) is 8.78 Å². The van der Waals surface area contributed by atoms with Crippen LogP contribution in [0, 0.1) is 0 Å². The van der Waals surface area contributed by atoms with Crippen LogP contribution in [-0.4, -0.2) is 0 Å². The van der Waals surface area contributed by atoms with Crippen molar-refractivity contribution < 1.29 is 8.78 Å². The third kappa shape index (κ3) is 3.14. The highest BCUT2D eigenvalue weighted by Crippen LogP contribution is 2.41. The van der Waals surface area contributed by atoms with Gasteiger partial charge in [0.2, 0.25) is 0 Å². The van der Waals surface area contributed by atoms with Gasteiger partial charge in [-0.15, -0.1) is 0 Å². The van der Waals surface area contributed by atoms with E-state index in [0.717, 1.165) is 0 Å². The molecule has 0 fully saturated rings. The van der Waals surface area contributed by atoms with Gasteiger partial charge < -0.3 is 0 Å². The first-order valence-electron chi connectivity index (χ1n) is 5.12. The van der Waals surface area contributed by atoms with Crippen LogP contribution >= 0.6 is 46.4 Å². The highest BCUT2D eigenvalue weighted by atomic mass is 35.5. The molecule has 0 nitrogen and oxygen atoms in total. The van der Waals surface area contributed by atoms with Crippen LogP contribution in [0.5, 0.6) is 0 Å². The normalized spacial score (nSPS) is 11.1. The summed E-state index contributed by atoms with van der Waals surface area (Å²) in [5.74, 6) is 0. The van der Waals surface area contributed by atoms with Gasteiger partial charge in [0, 0.05) is 21.2 Å². The first kappa shape index (κ1) is 14.9. The third-order valence-corrected chi connectivity index (χ3v) is 3.84. The minimum atomic E-state index is -2.63. The van der Waals surface area contributed by atoms with Gasteiger partial charge in [0.1, 0.15) is 0 Å². The van der Waals surface area contributed by atoms with Gasteiger partial charge in [-0.1, -0.05) is 46.4 Å². The van der Waals surface area contributed by atoms with Crippen LogP contribution in [0.3, 0.4) is 0 Å². The second-order valence-electron chi connectivity index (χ2n) is 3.79. The summed E-state index contributed by atoms with van der Waals surface area (Å²) in [5.41, 5.74) is 0.593. The van der Waals surface area contributed by atoms with E-state index in [9.17, 15) is 8.78 Å². The summed E-state index contributed by atoms with van der Waals surface area (Å²) < 4.78 is 25.5. The molecule has 2 aromatic rings. The maximum atomic E-state index is 12.8. The Morgan fingerprint density at radius 1 is 0.842 bits per heavy atom. The fourth-order valence-corrected chi connectivity index (χ4v) is 2.66. The van der Waals surface area contributed by atoms with E-state index in [1.54, 1.807) is 6.07 Å². The number of hydrogen-bond acceptors (Lipinski definition) is 0. The molecule has 0 atom stereocenters. The van der Waals surface area contributed by atoms with Crippen LogP contribution in [-0.2, 0) is 0 Å². The van der Waals surface area contributed by atoms with Crippen molar-refractivity contribution in [3.05, 3.63) is 56.0 Å². The SMILES string of the molecule is FC(F)c1cc(Cl)cc(-c2c(Cl)ccc(Cl)c2Cl)c1. The highest BCUT2D eigenvalue weighted by Gasteiger charge is 2.15. The lowest BCUT2D eigenvalue weighted by molar-refractivity contribution is 0.151. The zero-order valence-electron chi connectivity index (χ0n) is 9.23. The van der Waals surface area contributed by atoms with Crippen molar-refractivity contribution in [2.45, 2.75) is 6.43 Å². The van der Waals surface area contributed by atoms with E-state index in [1.165, 1.54) is 24.3 Å². The lowest BCUT2D eigenvalue weighted by Crippen LogP contribution is -1.89. The molecule has 0 N–H and O–H groups in total. The molecule has 100 valence electrons. The number of benzene rings is 2. The lowest BCUT2D eigenvalue weighted by atomic mass is 10.0. The Balaban J connectivity index is 2.69. The smallest absolute Gasteiger partial charge is 0.205 e. The fraction of sp³-hybridized carbons (Fsp3) is 0.0769. The summed E-state index contributed by atoms with van der Waals surface area (Å²) in [6.45, 7) is 0. The molecule has 0 bridgehead atoms. The molecule has 0 unspecified atom stereocenters. The highest BCUT2D eigenvalue weighted by molar-refractivity contribution is 6.46. The number of alkyl halides is 2. The van der Waals surface area contributed by atoms with Crippen molar-refractivity contribution >= 4 is 46.4 Å². The molecule has 19 heavy (non-hydrogen) atoms. The molecule has 0 aromatic heterocycles. The van der Waals surface area contributed by atoms with Crippen molar-refractivity contribution in [2.24, 2.45) is 0 Å². The Morgan fingerprint density at radius 3 is 2.11 bits per heavy atom. The summed E-state index contributed by atoms with van der Waals surface area (Å²) in [7, 11) is 0. The topological polar surface area (TPSA) is 0 Å². The molecule has 0 spiro atoms. The van der Waals surface area contributed by atoms with E-state index in [1.807, 2.05) is 0 Å². The molecular weight excluding hydrogens is 336 g/mol. The Labute approximate surface area is 128 Å². The van der Waals surface area contributed by atoms with Crippen molar-refractivity contribution in [3.63, 3.8) is 0 Å². The van der Waals surface area contributed by atoms with E-state index in [2.05, 4.69) is 0 Å². The van der Waals surface area contributed by atoms with Gasteiger partial charge in [0.05, 0.1) is 10.0 Å². The predicted molar refractivity (Wildman–Crippen MR) is 76.9 cm³/mol. The van der Waals surface area contributed by atoms with Gasteiger partial charge in [-0.2, -0.15) is 0 Å². The Bertz CT molecular complexity index is 626. The monoisotopic (exact) mass is 340 g/mol. The molecule has 0 aliphatic rings. The molecule has 0 amide bonds. The zero-order chi connectivity index (χ0) is 14.2.